The number of ether oxygens (including phenoxy) is 2. The van der Waals surface area contributed by atoms with Gasteiger partial charge >= 0.3 is 0 Å². The summed E-state index contributed by atoms with van der Waals surface area (Å²) in [6, 6.07) is 1.91. The van der Waals surface area contributed by atoms with Crippen molar-refractivity contribution in [1.82, 2.24) is 9.97 Å². The maximum Gasteiger partial charge on any atom is 0.218 e. The molecule has 0 aliphatic heterocycles. The van der Waals surface area contributed by atoms with Gasteiger partial charge in [0.25, 0.3) is 0 Å². The van der Waals surface area contributed by atoms with Gasteiger partial charge in [0.15, 0.2) is 5.82 Å². The minimum Gasteiger partial charge on any atom is -0.349 e. The van der Waals surface area contributed by atoms with Gasteiger partial charge in [-0.25, -0.2) is 9.97 Å². The predicted octanol–water partition coefficient (Wildman–Crippen LogP) is 1.38. The van der Waals surface area contributed by atoms with E-state index in [4.69, 9.17) is 9.47 Å². The van der Waals surface area contributed by atoms with Gasteiger partial charge in [0.2, 0.25) is 6.29 Å². The third-order valence-electron chi connectivity index (χ3n) is 1.64. The van der Waals surface area contributed by atoms with Crippen LogP contribution in [-0.2, 0) is 9.47 Å². The first-order chi connectivity index (χ1) is 6.17. The maximum atomic E-state index is 5.05. The summed E-state index contributed by atoms with van der Waals surface area (Å²) >= 11 is 0. The SMILES string of the molecule is COC(OC)c1nc(C)cc(C)n1. The van der Waals surface area contributed by atoms with Gasteiger partial charge in [0.1, 0.15) is 0 Å². The van der Waals surface area contributed by atoms with Crippen molar-refractivity contribution < 1.29 is 9.47 Å². The van der Waals surface area contributed by atoms with E-state index in [2.05, 4.69) is 9.97 Å². The molecule has 0 radical (unpaired) electrons. The number of hydrogen-bond acceptors (Lipinski definition) is 4. The summed E-state index contributed by atoms with van der Waals surface area (Å²) in [6.07, 6.45) is -0.474. The first kappa shape index (κ1) is 10.1. The van der Waals surface area contributed by atoms with Crippen LogP contribution in [-0.4, -0.2) is 24.2 Å². The van der Waals surface area contributed by atoms with Gasteiger partial charge in [-0.05, 0) is 19.9 Å². The molecule has 13 heavy (non-hydrogen) atoms. The quantitative estimate of drug-likeness (QED) is 0.662. The second-order valence-electron chi connectivity index (χ2n) is 2.81. The van der Waals surface area contributed by atoms with Crippen molar-refractivity contribution in [2.75, 3.05) is 14.2 Å². The number of aromatic nitrogens is 2. The Morgan fingerprint density at radius 3 is 1.92 bits per heavy atom. The first-order valence-corrected chi connectivity index (χ1v) is 4.05. The topological polar surface area (TPSA) is 44.2 Å². The van der Waals surface area contributed by atoms with Gasteiger partial charge in [0, 0.05) is 25.6 Å². The lowest BCUT2D eigenvalue weighted by Crippen LogP contribution is -2.10. The standard InChI is InChI=1S/C9H14N2O2/c1-6-5-7(2)11-8(10-6)9(12-3)13-4/h5,9H,1-4H3. The summed E-state index contributed by atoms with van der Waals surface area (Å²) in [5, 5.41) is 0. The van der Waals surface area contributed by atoms with E-state index < -0.39 is 6.29 Å². The lowest BCUT2D eigenvalue weighted by Gasteiger charge is -2.12. The molecule has 0 saturated carbocycles. The summed E-state index contributed by atoms with van der Waals surface area (Å²) in [7, 11) is 3.13. The fourth-order valence-corrected chi connectivity index (χ4v) is 1.17. The Balaban J connectivity index is 2.99. The van der Waals surface area contributed by atoms with Crippen LogP contribution in [0.1, 0.15) is 23.5 Å². The number of methoxy groups -OCH3 is 2. The van der Waals surface area contributed by atoms with Gasteiger partial charge < -0.3 is 9.47 Å². The highest BCUT2D eigenvalue weighted by Gasteiger charge is 2.12. The molecular formula is C9H14N2O2. The number of rotatable bonds is 3. The molecular weight excluding hydrogens is 168 g/mol. The third kappa shape index (κ3) is 2.47. The normalized spacial score (nSPS) is 10.8. The highest BCUT2D eigenvalue weighted by atomic mass is 16.7. The van der Waals surface area contributed by atoms with E-state index >= 15 is 0 Å². The Morgan fingerprint density at radius 2 is 1.54 bits per heavy atom. The van der Waals surface area contributed by atoms with Crippen LogP contribution in [0.2, 0.25) is 0 Å². The van der Waals surface area contributed by atoms with Crippen LogP contribution in [0, 0.1) is 13.8 Å². The molecule has 1 aromatic rings. The van der Waals surface area contributed by atoms with Crippen LogP contribution >= 0.6 is 0 Å². The van der Waals surface area contributed by atoms with Crippen molar-refractivity contribution in [1.29, 1.82) is 0 Å². The second kappa shape index (κ2) is 4.30. The van der Waals surface area contributed by atoms with Crippen molar-refractivity contribution >= 4 is 0 Å². The van der Waals surface area contributed by atoms with Gasteiger partial charge in [0.05, 0.1) is 0 Å². The van der Waals surface area contributed by atoms with E-state index in [0.29, 0.717) is 5.82 Å². The lowest BCUT2D eigenvalue weighted by atomic mass is 10.3. The molecule has 1 rings (SSSR count). The molecule has 1 heterocycles. The van der Waals surface area contributed by atoms with E-state index in [0.717, 1.165) is 11.4 Å². The number of hydrogen-bond donors (Lipinski definition) is 0. The summed E-state index contributed by atoms with van der Waals surface area (Å²) in [5.74, 6) is 0.572. The molecule has 0 bridgehead atoms. The Kier molecular flexibility index (Phi) is 3.33. The van der Waals surface area contributed by atoms with E-state index in [-0.39, 0.29) is 0 Å². The molecule has 0 aromatic carbocycles. The summed E-state index contributed by atoms with van der Waals surface area (Å²) in [5.41, 5.74) is 1.84. The van der Waals surface area contributed by atoms with Crippen LogP contribution in [0.5, 0.6) is 0 Å². The van der Waals surface area contributed by atoms with Crippen molar-refractivity contribution in [2.45, 2.75) is 20.1 Å². The largest absolute Gasteiger partial charge is 0.349 e. The Hall–Kier alpha value is -1.00. The van der Waals surface area contributed by atoms with Crippen LogP contribution in [0.15, 0.2) is 6.07 Å². The third-order valence-corrected chi connectivity index (χ3v) is 1.64. The second-order valence-corrected chi connectivity index (χ2v) is 2.81. The van der Waals surface area contributed by atoms with Crippen molar-refractivity contribution in [2.24, 2.45) is 0 Å². The zero-order chi connectivity index (χ0) is 9.84. The average molecular weight is 182 g/mol. The number of aryl methyl sites for hydroxylation is 2. The van der Waals surface area contributed by atoms with Crippen LogP contribution in [0.3, 0.4) is 0 Å². The molecule has 4 heteroatoms. The molecule has 0 unspecified atom stereocenters. The van der Waals surface area contributed by atoms with E-state index in [9.17, 15) is 0 Å². The molecule has 0 N–H and O–H groups in total. The van der Waals surface area contributed by atoms with Gasteiger partial charge in [-0.15, -0.1) is 0 Å². The molecule has 0 amide bonds. The molecule has 72 valence electrons. The van der Waals surface area contributed by atoms with Crippen molar-refractivity contribution in [3.63, 3.8) is 0 Å². The van der Waals surface area contributed by atoms with Crippen molar-refractivity contribution in [3.8, 4) is 0 Å². The van der Waals surface area contributed by atoms with E-state index in [1.807, 2.05) is 19.9 Å². The fourth-order valence-electron chi connectivity index (χ4n) is 1.17. The highest BCUT2D eigenvalue weighted by molar-refractivity contribution is 5.08. The zero-order valence-electron chi connectivity index (χ0n) is 8.37. The number of nitrogens with zero attached hydrogens (tertiary/aromatic N) is 2. The Bertz CT molecular complexity index is 265. The fraction of sp³-hybridized carbons (Fsp3) is 0.556. The maximum absolute atomic E-state index is 5.05. The first-order valence-electron chi connectivity index (χ1n) is 4.05. The van der Waals surface area contributed by atoms with Crippen LogP contribution in [0.25, 0.3) is 0 Å². The molecule has 0 atom stereocenters. The Morgan fingerprint density at radius 1 is 1.08 bits per heavy atom. The van der Waals surface area contributed by atoms with Crippen molar-refractivity contribution in [3.05, 3.63) is 23.3 Å². The average Bonchev–Trinajstić information content (AvgIpc) is 2.04. The minimum atomic E-state index is -0.474. The summed E-state index contributed by atoms with van der Waals surface area (Å²) in [4.78, 5) is 8.43. The summed E-state index contributed by atoms with van der Waals surface area (Å²) < 4.78 is 10.1. The molecule has 0 spiro atoms. The molecule has 0 fully saturated rings. The van der Waals surface area contributed by atoms with Gasteiger partial charge in [-0.2, -0.15) is 0 Å². The zero-order valence-corrected chi connectivity index (χ0v) is 8.37. The highest BCUT2D eigenvalue weighted by Crippen LogP contribution is 2.13. The minimum absolute atomic E-state index is 0.474. The molecule has 0 aliphatic rings. The predicted molar refractivity (Wildman–Crippen MR) is 48.3 cm³/mol. The van der Waals surface area contributed by atoms with E-state index in [1.54, 1.807) is 14.2 Å². The lowest BCUT2D eigenvalue weighted by molar-refractivity contribution is -0.111. The van der Waals surface area contributed by atoms with Gasteiger partial charge in [-0.1, -0.05) is 0 Å². The van der Waals surface area contributed by atoms with Gasteiger partial charge in [-0.3, -0.25) is 0 Å². The Labute approximate surface area is 77.9 Å². The monoisotopic (exact) mass is 182 g/mol. The van der Waals surface area contributed by atoms with Crippen LogP contribution < -0.4 is 0 Å². The van der Waals surface area contributed by atoms with Crippen LogP contribution in [0.4, 0.5) is 0 Å². The molecule has 0 aliphatic carbocycles. The smallest absolute Gasteiger partial charge is 0.218 e. The summed E-state index contributed by atoms with van der Waals surface area (Å²) in [6.45, 7) is 3.83. The molecule has 0 saturated heterocycles. The molecule has 1 aromatic heterocycles. The van der Waals surface area contributed by atoms with E-state index in [1.165, 1.54) is 0 Å². The molecule has 4 nitrogen and oxygen atoms in total.